The molecular formula is C28H30N6O4. The van der Waals surface area contributed by atoms with E-state index in [0.717, 1.165) is 6.42 Å². The van der Waals surface area contributed by atoms with Crippen LogP contribution < -0.4 is 20.9 Å². The fraction of sp³-hybridized carbons (Fsp3) is 0.214. The van der Waals surface area contributed by atoms with Crippen LogP contribution in [0.25, 0.3) is 5.69 Å². The van der Waals surface area contributed by atoms with Crippen molar-refractivity contribution in [3.05, 3.63) is 94.5 Å². The Balaban J connectivity index is 1.44. The number of carbonyl (C=O) groups excluding carboxylic acids is 2. The summed E-state index contributed by atoms with van der Waals surface area (Å²) in [6.45, 7) is 4.37. The third-order valence-corrected chi connectivity index (χ3v) is 6.00. The number of urea groups is 1. The molecule has 3 amide bonds. The highest BCUT2D eigenvalue weighted by Crippen LogP contribution is 2.25. The molecule has 0 saturated carbocycles. The minimum atomic E-state index is -0.492. The molecule has 196 valence electrons. The van der Waals surface area contributed by atoms with Crippen molar-refractivity contribution >= 4 is 23.4 Å². The standard InChI is InChI=1S/C28H30N6O4/c1-5-17-32(3)28(37)31-24-18-23(15-16-29-24)38-22-13-11-20(12-14-22)30-26(35)25-19(2)33(4)34(27(25)36)21-9-7-6-8-10-21/h6-16,18H,5,17H2,1-4H3,(H,30,35)(H,29,31,37). The molecule has 0 fully saturated rings. The summed E-state index contributed by atoms with van der Waals surface area (Å²) in [6.07, 6.45) is 2.40. The smallest absolute Gasteiger partial charge is 0.322 e. The first-order valence-corrected chi connectivity index (χ1v) is 12.2. The molecule has 2 heterocycles. The maximum absolute atomic E-state index is 13.1. The zero-order valence-corrected chi connectivity index (χ0v) is 21.8. The van der Waals surface area contributed by atoms with Crippen molar-refractivity contribution < 1.29 is 14.3 Å². The topological polar surface area (TPSA) is 110 Å². The van der Waals surface area contributed by atoms with E-state index in [2.05, 4.69) is 15.6 Å². The van der Waals surface area contributed by atoms with E-state index in [-0.39, 0.29) is 11.6 Å². The Bertz CT molecular complexity index is 1490. The first kappa shape index (κ1) is 26.2. The molecule has 0 aliphatic rings. The third-order valence-electron chi connectivity index (χ3n) is 6.00. The van der Waals surface area contributed by atoms with Crippen molar-refractivity contribution in [2.75, 3.05) is 24.2 Å². The van der Waals surface area contributed by atoms with Crippen LogP contribution in [0.5, 0.6) is 11.5 Å². The second kappa shape index (κ2) is 11.5. The molecule has 0 unspecified atom stereocenters. The minimum absolute atomic E-state index is 0.0765. The number of anilines is 2. The van der Waals surface area contributed by atoms with Gasteiger partial charge < -0.3 is 15.0 Å². The van der Waals surface area contributed by atoms with E-state index in [1.165, 1.54) is 4.68 Å². The van der Waals surface area contributed by atoms with Gasteiger partial charge in [0.2, 0.25) is 0 Å². The summed E-state index contributed by atoms with van der Waals surface area (Å²) in [4.78, 5) is 44.1. The monoisotopic (exact) mass is 514 g/mol. The molecule has 0 bridgehead atoms. The number of rotatable bonds is 8. The van der Waals surface area contributed by atoms with E-state index in [4.69, 9.17) is 4.74 Å². The number of pyridine rings is 1. The van der Waals surface area contributed by atoms with E-state index >= 15 is 0 Å². The number of nitrogens with one attached hydrogen (secondary N) is 2. The zero-order valence-electron chi connectivity index (χ0n) is 21.8. The van der Waals surface area contributed by atoms with Crippen molar-refractivity contribution in [3.8, 4) is 17.2 Å². The van der Waals surface area contributed by atoms with Crippen LogP contribution in [0, 0.1) is 6.92 Å². The molecular weight excluding hydrogens is 484 g/mol. The van der Waals surface area contributed by atoms with Gasteiger partial charge in [-0.15, -0.1) is 0 Å². The van der Waals surface area contributed by atoms with Crippen LogP contribution in [0.3, 0.4) is 0 Å². The summed E-state index contributed by atoms with van der Waals surface area (Å²) in [5.41, 5.74) is 1.42. The van der Waals surface area contributed by atoms with E-state index < -0.39 is 11.5 Å². The number of hydrogen-bond acceptors (Lipinski definition) is 5. The third kappa shape index (κ3) is 5.75. The van der Waals surface area contributed by atoms with E-state index in [1.807, 2.05) is 37.3 Å². The molecule has 2 aromatic heterocycles. The van der Waals surface area contributed by atoms with Gasteiger partial charge in [-0.2, -0.15) is 0 Å². The Hall–Kier alpha value is -4.86. The first-order valence-electron chi connectivity index (χ1n) is 12.2. The number of hydrogen-bond donors (Lipinski definition) is 2. The van der Waals surface area contributed by atoms with Crippen LogP contribution in [0.15, 0.2) is 77.7 Å². The second-order valence-electron chi connectivity index (χ2n) is 8.75. The fourth-order valence-corrected chi connectivity index (χ4v) is 3.95. The van der Waals surface area contributed by atoms with Crippen molar-refractivity contribution in [2.24, 2.45) is 7.05 Å². The van der Waals surface area contributed by atoms with Crippen LogP contribution in [-0.2, 0) is 7.05 Å². The van der Waals surface area contributed by atoms with Gasteiger partial charge in [0.1, 0.15) is 22.9 Å². The van der Waals surface area contributed by atoms with Crippen LogP contribution >= 0.6 is 0 Å². The molecule has 0 spiro atoms. The number of nitrogens with zero attached hydrogens (tertiary/aromatic N) is 4. The Morgan fingerprint density at radius 3 is 2.39 bits per heavy atom. The number of para-hydroxylation sites is 1. The predicted octanol–water partition coefficient (Wildman–Crippen LogP) is 4.80. The van der Waals surface area contributed by atoms with Gasteiger partial charge in [0.25, 0.3) is 11.5 Å². The summed E-state index contributed by atoms with van der Waals surface area (Å²) in [7, 11) is 3.46. The molecule has 4 rings (SSSR count). The summed E-state index contributed by atoms with van der Waals surface area (Å²) in [6, 6.07) is 19.0. The molecule has 0 saturated heterocycles. The average molecular weight is 515 g/mol. The number of carbonyl (C=O) groups is 2. The van der Waals surface area contributed by atoms with Crippen molar-refractivity contribution in [2.45, 2.75) is 20.3 Å². The van der Waals surface area contributed by atoms with Crippen molar-refractivity contribution in [3.63, 3.8) is 0 Å². The quantitative estimate of drug-likeness (QED) is 0.351. The van der Waals surface area contributed by atoms with Gasteiger partial charge in [-0.1, -0.05) is 25.1 Å². The highest BCUT2D eigenvalue weighted by atomic mass is 16.5. The van der Waals surface area contributed by atoms with Crippen LogP contribution in [0.4, 0.5) is 16.3 Å². The van der Waals surface area contributed by atoms with Gasteiger partial charge in [0, 0.05) is 38.6 Å². The Labute approximate surface area is 220 Å². The summed E-state index contributed by atoms with van der Waals surface area (Å²) in [5, 5.41) is 5.53. The molecule has 10 heteroatoms. The predicted molar refractivity (Wildman–Crippen MR) is 146 cm³/mol. The molecule has 38 heavy (non-hydrogen) atoms. The maximum Gasteiger partial charge on any atom is 0.322 e. The van der Waals surface area contributed by atoms with Gasteiger partial charge in [-0.05, 0) is 55.8 Å². The van der Waals surface area contributed by atoms with Gasteiger partial charge in [0.05, 0.1) is 11.4 Å². The van der Waals surface area contributed by atoms with Crippen molar-refractivity contribution in [1.82, 2.24) is 19.2 Å². The van der Waals surface area contributed by atoms with E-state index in [1.54, 1.807) is 73.2 Å². The van der Waals surface area contributed by atoms with E-state index in [0.29, 0.717) is 40.9 Å². The fourth-order valence-electron chi connectivity index (χ4n) is 3.95. The second-order valence-corrected chi connectivity index (χ2v) is 8.75. The zero-order chi connectivity index (χ0) is 27.2. The van der Waals surface area contributed by atoms with Crippen molar-refractivity contribution in [1.29, 1.82) is 0 Å². The molecule has 2 aromatic carbocycles. The molecule has 10 nitrogen and oxygen atoms in total. The molecule has 0 radical (unpaired) electrons. The lowest BCUT2D eigenvalue weighted by Gasteiger charge is -2.16. The normalized spacial score (nSPS) is 10.6. The lowest BCUT2D eigenvalue weighted by molar-refractivity contribution is 0.102. The Morgan fingerprint density at radius 1 is 1.00 bits per heavy atom. The van der Waals surface area contributed by atoms with Gasteiger partial charge in [-0.25, -0.2) is 14.5 Å². The summed E-state index contributed by atoms with van der Waals surface area (Å²) in [5.74, 6) is 0.899. The van der Waals surface area contributed by atoms with Gasteiger partial charge >= 0.3 is 6.03 Å². The van der Waals surface area contributed by atoms with Gasteiger partial charge in [0.15, 0.2) is 0 Å². The van der Waals surface area contributed by atoms with Crippen LogP contribution in [0.2, 0.25) is 0 Å². The maximum atomic E-state index is 13.1. The highest BCUT2D eigenvalue weighted by Gasteiger charge is 2.22. The summed E-state index contributed by atoms with van der Waals surface area (Å²) >= 11 is 0. The molecule has 2 N–H and O–H groups in total. The van der Waals surface area contributed by atoms with Gasteiger partial charge in [-0.3, -0.25) is 19.6 Å². The molecule has 0 atom stereocenters. The number of ether oxygens (including phenoxy) is 1. The largest absolute Gasteiger partial charge is 0.457 e. The molecule has 0 aliphatic heterocycles. The first-order chi connectivity index (χ1) is 18.3. The lowest BCUT2D eigenvalue weighted by Crippen LogP contribution is -2.32. The lowest BCUT2D eigenvalue weighted by atomic mass is 10.2. The molecule has 0 aliphatic carbocycles. The SMILES string of the molecule is CCCN(C)C(=O)Nc1cc(Oc2ccc(NC(=O)c3c(C)n(C)n(-c4ccccc4)c3=O)cc2)ccn1. The van der Waals surface area contributed by atoms with E-state index in [9.17, 15) is 14.4 Å². The van der Waals surface area contributed by atoms with Crippen LogP contribution in [0.1, 0.15) is 29.4 Å². The number of aromatic nitrogens is 3. The number of benzene rings is 2. The van der Waals surface area contributed by atoms with Crippen LogP contribution in [-0.4, -0.2) is 44.8 Å². The average Bonchev–Trinajstić information content (AvgIpc) is 3.13. The highest BCUT2D eigenvalue weighted by molar-refractivity contribution is 6.05. The Morgan fingerprint density at radius 2 is 1.71 bits per heavy atom. The Kier molecular flexibility index (Phi) is 7.91. The number of amides is 3. The molecule has 4 aromatic rings. The summed E-state index contributed by atoms with van der Waals surface area (Å²) < 4.78 is 9.02. The minimum Gasteiger partial charge on any atom is -0.457 e.